The van der Waals surface area contributed by atoms with Gasteiger partial charge in [-0.05, 0) is 38.2 Å². The first-order chi connectivity index (χ1) is 11.2. The molecule has 0 aliphatic carbocycles. The second kappa shape index (κ2) is 7.78. The van der Waals surface area contributed by atoms with E-state index in [9.17, 15) is 0 Å². The minimum atomic E-state index is 0.392. The van der Waals surface area contributed by atoms with E-state index in [4.69, 9.17) is 4.74 Å². The van der Waals surface area contributed by atoms with E-state index in [-0.39, 0.29) is 0 Å². The summed E-state index contributed by atoms with van der Waals surface area (Å²) in [4.78, 5) is 5.40. The van der Waals surface area contributed by atoms with Crippen LogP contribution in [-0.4, -0.2) is 60.8 Å². The number of benzene rings is 1. The van der Waals surface area contributed by atoms with Gasteiger partial charge in [0.15, 0.2) is 0 Å². The molecule has 2 heterocycles. The summed E-state index contributed by atoms with van der Waals surface area (Å²) in [6.45, 7) is 11.6. The third-order valence-electron chi connectivity index (χ3n) is 5.90. The van der Waals surface area contributed by atoms with Crippen LogP contribution in [0.5, 0.6) is 0 Å². The van der Waals surface area contributed by atoms with E-state index >= 15 is 0 Å². The van der Waals surface area contributed by atoms with E-state index in [1.54, 1.807) is 0 Å². The van der Waals surface area contributed by atoms with Gasteiger partial charge in [0, 0.05) is 44.9 Å². The predicted octanol–water partition coefficient (Wildman–Crippen LogP) is 3.19. The monoisotopic (exact) mass is 316 g/mol. The summed E-state index contributed by atoms with van der Waals surface area (Å²) in [6, 6.07) is 10.9. The normalized spacial score (nSPS) is 30.4. The Morgan fingerprint density at radius 1 is 1.13 bits per heavy atom. The highest BCUT2D eigenvalue weighted by molar-refractivity contribution is 5.14. The molecule has 23 heavy (non-hydrogen) atoms. The smallest absolute Gasteiger partial charge is 0.0564 e. The molecule has 0 amide bonds. The molecule has 0 spiro atoms. The van der Waals surface area contributed by atoms with Crippen LogP contribution in [0.25, 0.3) is 0 Å². The lowest BCUT2D eigenvalue weighted by Gasteiger charge is -2.50. The van der Waals surface area contributed by atoms with Gasteiger partial charge in [0.25, 0.3) is 0 Å². The minimum absolute atomic E-state index is 0.392. The van der Waals surface area contributed by atoms with Crippen molar-refractivity contribution in [2.45, 2.75) is 51.2 Å². The highest BCUT2D eigenvalue weighted by atomic mass is 16.5. The van der Waals surface area contributed by atoms with Crippen molar-refractivity contribution in [3.05, 3.63) is 35.9 Å². The molecule has 1 aromatic carbocycles. The van der Waals surface area contributed by atoms with Crippen molar-refractivity contribution in [1.29, 1.82) is 0 Å². The van der Waals surface area contributed by atoms with Crippen molar-refractivity contribution in [2.75, 3.05) is 39.3 Å². The first kappa shape index (κ1) is 16.9. The molecule has 2 aliphatic heterocycles. The summed E-state index contributed by atoms with van der Waals surface area (Å²) in [7, 11) is 0. The van der Waals surface area contributed by atoms with Crippen LogP contribution in [0.3, 0.4) is 0 Å². The van der Waals surface area contributed by atoms with Gasteiger partial charge in [-0.3, -0.25) is 4.90 Å². The number of rotatable bonds is 5. The third kappa shape index (κ3) is 4.14. The zero-order valence-electron chi connectivity index (χ0n) is 14.8. The number of hydrogen-bond donors (Lipinski definition) is 0. The Morgan fingerprint density at radius 2 is 1.87 bits per heavy atom. The standard InChI is InChI=1S/C20H32N2O/c1-3-20(10-16-23-18(2)17-20)22-14-12-21(13-15-22)11-9-19-7-5-4-6-8-19/h4-8,18H,3,9-17H2,1-2H3/t18-,20?/m0/s1. The van der Waals surface area contributed by atoms with E-state index in [1.807, 2.05) is 0 Å². The summed E-state index contributed by atoms with van der Waals surface area (Å²) in [5.41, 5.74) is 1.85. The average Bonchev–Trinajstić information content (AvgIpc) is 2.61. The quantitative estimate of drug-likeness (QED) is 0.830. The second-order valence-electron chi connectivity index (χ2n) is 7.28. The fourth-order valence-corrected chi connectivity index (χ4v) is 4.36. The van der Waals surface area contributed by atoms with Gasteiger partial charge in [-0.1, -0.05) is 37.3 Å². The van der Waals surface area contributed by atoms with Crippen molar-refractivity contribution in [3.63, 3.8) is 0 Å². The van der Waals surface area contributed by atoms with Crippen LogP contribution < -0.4 is 0 Å². The van der Waals surface area contributed by atoms with Crippen molar-refractivity contribution >= 4 is 0 Å². The Bertz CT molecular complexity index is 470. The summed E-state index contributed by atoms with van der Waals surface area (Å²) in [5.74, 6) is 0. The molecule has 3 rings (SSSR count). The van der Waals surface area contributed by atoms with Crippen LogP contribution in [-0.2, 0) is 11.2 Å². The Hall–Kier alpha value is -0.900. The maximum Gasteiger partial charge on any atom is 0.0564 e. The molecule has 2 atom stereocenters. The third-order valence-corrected chi connectivity index (χ3v) is 5.90. The Labute approximate surface area is 141 Å². The van der Waals surface area contributed by atoms with Gasteiger partial charge in [-0.15, -0.1) is 0 Å². The number of piperazine rings is 1. The van der Waals surface area contributed by atoms with Gasteiger partial charge in [0.2, 0.25) is 0 Å². The highest BCUT2D eigenvalue weighted by Crippen LogP contribution is 2.34. The molecule has 0 radical (unpaired) electrons. The van der Waals surface area contributed by atoms with Crippen LogP contribution in [0.2, 0.25) is 0 Å². The van der Waals surface area contributed by atoms with E-state index in [0.717, 1.165) is 6.61 Å². The van der Waals surface area contributed by atoms with Gasteiger partial charge in [-0.2, -0.15) is 0 Å². The maximum absolute atomic E-state index is 5.80. The molecule has 2 saturated heterocycles. The van der Waals surface area contributed by atoms with Gasteiger partial charge in [-0.25, -0.2) is 0 Å². The van der Waals surface area contributed by atoms with E-state index < -0.39 is 0 Å². The fourth-order valence-electron chi connectivity index (χ4n) is 4.36. The largest absolute Gasteiger partial charge is 0.378 e. The number of nitrogens with zero attached hydrogens (tertiary/aromatic N) is 2. The summed E-state index contributed by atoms with van der Waals surface area (Å²) < 4.78 is 5.80. The maximum atomic E-state index is 5.80. The number of hydrogen-bond acceptors (Lipinski definition) is 3. The van der Waals surface area contributed by atoms with Crippen LogP contribution in [0, 0.1) is 0 Å². The lowest BCUT2D eigenvalue weighted by Crippen LogP contribution is -2.59. The highest BCUT2D eigenvalue weighted by Gasteiger charge is 2.40. The van der Waals surface area contributed by atoms with Gasteiger partial charge in [0.1, 0.15) is 0 Å². The van der Waals surface area contributed by atoms with Crippen LogP contribution in [0.15, 0.2) is 30.3 Å². The zero-order valence-corrected chi connectivity index (χ0v) is 14.8. The van der Waals surface area contributed by atoms with Crippen LogP contribution in [0.1, 0.15) is 38.7 Å². The molecule has 1 aromatic rings. The molecule has 3 nitrogen and oxygen atoms in total. The Balaban J connectivity index is 1.49. The molecular formula is C20H32N2O. The molecule has 128 valence electrons. The van der Waals surface area contributed by atoms with Crippen molar-refractivity contribution < 1.29 is 4.74 Å². The van der Waals surface area contributed by atoms with Gasteiger partial charge in [0.05, 0.1) is 6.10 Å². The minimum Gasteiger partial charge on any atom is -0.378 e. The molecule has 3 heteroatoms. The first-order valence-corrected chi connectivity index (χ1v) is 9.35. The van der Waals surface area contributed by atoms with Crippen molar-refractivity contribution in [2.24, 2.45) is 0 Å². The Kier molecular flexibility index (Phi) is 5.73. The zero-order chi connectivity index (χ0) is 16.1. The topological polar surface area (TPSA) is 15.7 Å². The first-order valence-electron chi connectivity index (χ1n) is 9.35. The lowest BCUT2D eigenvalue weighted by molar-refractivity contribution is -0.0808. The second-order valence-corrected chi connectivity index (χ2v) is 7.28. The van der Waals surface area contributed by atoms with Gasteiger partial charge >= 0.3 is 0 Å². The molecule has 1 unspecified atom stereocenters. The molecule has 0 aromatic heterocycles. The summed E-state index contributed by atoms with van der Waals surface area (Å²) >= 11 is 0. The summed E-state index contributed by atoms with van der Waals surface area (Å²) in [6.07, 6.45) is 5.25. The molecule has 0 saturated carbocycles. The van der Waals surface area contributed by atoms with Crippen molar-refractivity contribution in [1.82, 2.24) is 9.80 Å². The SMILES string of the molecule is CCC1(N2CCN(CCc3ccccc3)CC2)CCO[C@@H](C)C1. The predicted molar refractivity (Wildman–Crippen MR) is 95.8 cm³/mol. The fraction of sp³-hybridized carbons (Fsp3) is 0.700. The molecule has 0 N–H and O–H groups in total. The van der Waals surface area contributed by atoms with Crippen molar-refractivity contribution in [3.8, 4) is 0 Å². The number of ether oxygens (including phenoxy) is 1. The van der Waals surface area contributed by atoms with E-state index in [2.05, 4.69) is 54.0 Å². The van der Waals surface area contributed by atoms with E-state index in [1.165, 1.54) is 64.0 Å². The molecular weight excluding hydrogens is 284 g/mol. The van der Waals surface area contributed by atoms with Gasteiger partial charge < -0.3 is 9.64 Å². The van der Waals surface area contributed by atoms with Crippen LogP contribution in [0.4, 0.5) is 0 Å². The molecule has 2 aliphatic rings. The average molecular weight is 316 g/mol. The Morgan fingerprint density at radius 3 is 2.52 bits per heavy atom. The molecule has 2 fully saturated rings. The van der Waals surface area contributed by atoms with Crippen LogP contribution >= 0.6 is 0 Å². The summed E-state index contributed by atoms with van der Waals surface area (Å²) in [5, 5.41) is 0. The van der Waals surface area contributed by atoms with E-state index in [0.29, 0.717) is 11.6 Å². The lowest BCUT2D eigenvalue weighted by atomic mass is 9.82. The molecule has 0 bridgehead atoms.